The number of rotatable bonds is 31. The van der Waals surface area contributed by atoms with Crippen molar-refractivity contribution in [3.63, 3.8) is 0 Å². The van der Waals surface area contributed by atoms with Gasteiger partial charge < -0.3 is 0 Å². The molecule has 2 nitrogen and oxygen atoms in total. The summed E-state index contributed by atoms with van der Waals surface area (Å²) in [5.41, 5.74) is 0. The average Bonchev–Trinajstić information content (AvgIpc) is 2.93. The van der Waals surface area contributed by atoms with Crippen molar-refractivity contribution in [3.05, 3.63) is 24.3 Å². The molecule has 0 heterocycles. The van der Waals surface area contributed by atoms with Gasteiger partial charge in [-0.15, -0.1) is 0 Å². The van der Waals surface area contributed by atoms with Crippen molar-refractivity contribution in [2.75, 3.05) is 0 Å². The first-order valence-corrected chi connectivity index (χ1v) is 17.0. The van der Waals surface area contributed by atoms with E-state index in [1.165, 1.54) is 135 Å². The van der Waals surface area contributed by atoms with Gasteiger partial charge in [0, 0.05) is 0 Å². The molecule has 38 heavy (non-hydrogen) atoms. The van der Waals surface area contributed by atoms with Crippen LogP contribution in [0.25, 0.3) is 0 Å². The van der Waals surface area contributed by atoms with Gasteiger partial charge in [0.1, 0.15) is 0 Å². The number of unbranched alkanes of at least 4 members (excludes halogenated alkanes) is 23. The molecule has 1 unspecified atom stereocenters. The minimum atomic E-state index is -0.580. The highest BCUT2D eigenvalue weighted by molar-refractivity contribution is 6.00. The first-order chi connectivity index (χ1) is 18.8. The normalized spacial score (nSPS) is 12.6. The molecule has 0 aromatic carbocycles. The molecule has 0 aromatic heterocycles. The number of carbonyl (C=O) groups excluding carboxylic acids is 2. The SMILES string of the molecule is CCCCCCCCCCC/C=C/CCCC([C]=O)C(=O)C=CCCCCCCCCCCCCCCC. The van der Waals surface area contributed by atoms with Crippen molar-refractivity contribution in [2.45, 2.75) is 187 Å². The van der Waals surface area contributed by atoms with Crippen molar-refractivity contribution < 1.29 is 9.59 Å². The molecule has 221 valence electrons. The maximum Gasteiger partial charge on any atom is 0.209 e. The Morgan fingerprint density at radius 2 is 0.842 bits per heavy atom. The minimum absolute atomic E-state index is 0.0617. The second-order valence-corrected chi connectivity index (χ2v) is 11.5. The number of carbonyl (C=O) groups is 1. The van der Waals surface area contributed by atoms with Gasteiger partial charge in [0.15, 0.2) is 5.78 Å². The van der Waals surface area contributed by atoms with Crippen LogP contribution in [0.5, 0.6) is 0 Å². The van der Waals surface area contributed by atoms with Crippen LogP contribution >= 0.6 is 0 Å². The van der Waals surface area contributed by atoms with E-state index in [4.69, 9.17) is 0 Å². The van der Waals surface area contributed by atoms with Crippen LogP contribution in [0, 0.1) is 5.92 Å². The van der Waals surface area contributed by atoms with Crippen molar-refractivity contribution in [2.24, 2.45) is 5.92 Å². The summed E-state index contributed by atoms with van der Waals surface area (Å²) in [4.78, 5) is 23.6. The molecular weight excluding hydrogens is 464 g/mol. The van der Waals surface area contributed by atoms with Crippen molar-refractivity contribution >= 4 is 12.1 Å². The fourth-order valence-electron chi connectivity index (χ4n) is 5.10. The molecule has 0 rings (SSSR count). The summed E-state index contributed by atoms with van der Waals surface area (Å²) in [6.07, 6.45) is 44.5. The molecule has 0 aliphatic carbocycles. The Hall–Kier alpha value is -1.18. The van der Waals surface area contributed by atoms with Crippen molar-refractivity contribution in [3.8, 4) is 0 Å². The molecule has 1 atom stereocenters. The van der Waals surface area contributed by atoms with Crippen LogP contribution in [-0.2, 0) is 9.59 Å². The summed E-state index contributed by atoms with van der Waals surface area (Å²) >= 11 is 0. The lowest BCUT2D eigenvalue weighted by molar-refractivity contribution is -0.116. The number of ketones is 1. The summed E-state index contributed by atoms with van der Waals surface area (Å²) in [6.45, 7) is 4.55. The van der Waals surface area contributed by atoms with Crippen LogP contribution in [0.4, 0.5) is 0 Å². The maximum atomic E-state index is 12.3. The Morgan fingerprint density at radius 3 is 1.24 bits per heavy atom. The number of hydrogen-bond donors (Lipinski definition) is 0. The molecule has 0 saturated carbocycles. The summed E-state index contributed by atoms with van der Waals surface area (Å²) in [5, 5.41) is 0. The minimum Gasteiger partial charge on any atom is -0.294 e. The third-order valence-electron chi connectivity index (χ3n) is 7.75. The van der Waals surface area contributed by atoms with E-state index in [2.05, 4.69) is 26.0 Å². The van der Waals surface area contributed by atoms with Crippen LogP contribution in [0.3, 0.4) is 0 Å². The van der Waals surface area contributed by atoms with E-state index in [0.29, 0.717) is 6.42 Å². The molecule has 0 aliphatic rings. The van der Waals surface area contributed by atoms with Gasteiger partial charge in [-0.2, -0.15) is 0 Å². The van der Waals surface area contributed by atoms with Crippen molar-refractivity contribution in [1.82, 2.24) is 0 Å². The van der Waals surface area contributed by atoms with Crippen molar-refractivity contribution in [1.29, 1.82) is 0 Å². The first kappa shape index (κ1) is 36.8. The van der Waals surface area contributed by atoms with Gasteiger partial charge in [0.2, 0.25) is 6.29 Å². The summed E-state index contributed by atoms with van der Waals surface area (Å²) in [6, 6.07) is 0. The third-order valence-corrected chi connectivity index (χ3v) is 7.75. The third kappa shape index (κ3) is 27.8. The lowest BCUT2D eigenvalue weighted by atomic mass is 9.98. The van der Waals surface area contributed by atoms with Crippen LogP contribution in [0.2, 0.25) is 0 Å². The maximum absolute atomic E-state index is 12.3. The van der Waals surface area contributed by atoms with E-state index < -0.39 is 5.92 Å². The molecule has 0 amide bonds. The number of allylic oxidation sites excluding steroid dienone is 4. The van der Waals surface area contributed by atoms with Crippen LogP contribution in [0.15, 0.2) is 24.3 Å². The van der Waals surface area contributed by atoms with Gasteiger partial charge in [-0.1, -0.05) is 160 Å². The molecular formula is C36H65O2. The van der Waals surface area contributed by atoms with Gasteiger partial charge in [0.05, 0.1) is 5.92 Å². The Bertz CT molecular complexity index is 548. The molecule has 0 spiro atoms. The van der Waals surface area contributed by atoms with Gasteiger partial charge in [-0.25, -0.2) is 0 Å². The Kier molecular flexibility index (Phi) is 31.0. The lowest BCUT2D eigenvalue weighted by Crippen LogP contribution is -2.13. The Morgan fingerprint density at radius 1 is 0.500 bits per heavy atom. The molecule has 0 fully saturated rings. The summed E-state index contributed by atoms with van der Waals surface area (Å²) in [7, 11) is 0. The second-order valence-electron chi connectivity index (χ2n) is 11.5. The first-order valence-electron chi connectivity index (χ1n) is 17.0. The molecule has 2 heteroatoms. The highest BCUT2D eigenvalue weighted by Gasteiger charge is 2.14. The van der Waals surface area contributed by atoms with Crippen LogP contribution < -0.4 is 0 Å². The topological polar surface area (TPSA) is 34.1 Å². The zero-order valence-electron chi connectivity index (χ0n) is 25.8. The Balaban J connectivity index is 3.56. The highest BCUT2D eigenvalue weighted by Crippen LogP contribution is 2.14. The van der Waals surface area contributed by atoms with E-state index in [1.807, 2.05) is 12.4 Å². The van der Waals surface area contributed by atoms with Gasteiger partial charge >= 0.3 is 0 Å². The van der Waals surface area contributed by atoms with E-state index >= 15 is 0 Å². The van der Waals surface area contributed by atoms with Gasteiger partial charge in [0.25, 0.3) is 0 Å². The fourth-order valence-corrected chi connectivity index (χ4v) is 5.10. The molecule has 0 bridgehead atoms. The molecule has 0 aliphatic heterocycles. The fraction of sp³-hybridized carbons (Fsp3) is 0.833. The predicted molar refractivity (Wildman–Crippen MR) is 168 cm³/mol. The average molecular weight is 530 g/mol. The zero-order valence-corrected chi connectivity index (χ0v) is 25.8. The van der Waals surface area contributed by atoms with E-state index in [-0.39, 0.29) is 5.78 Å². The van der Waals surface area contributed by atoms with Gasteiger partial charge in [-0.05, 0) is 51.0 Å². The predicted octanol–water partition coefficient (Wildman–Crippen LogP) is 12.0. The largest absolute Gasteiger partial charge is 0.294 e. The molecule has 0 saturated heterocycles. The Labute approximate surface area is 238 Å². The molecule has 0 N–H and O–H groups in total. The van der Waals surface area contributed by atoms with E-state index in [1.54, 1.807) is 6.08 Å². The highest BCUT2D eigenvalue weighted by atomic mass is 16.1. The lowest BCUT2D eigenvalue weighted by Gasteiger charge is -2.04. The monoisotopic (exact) mass is 529 g/mol. The number of hydrogen-bond acceptors (Lipinski definition) is 2. The second kappa shape index (κ2) is 32.0. The standard InChI is InChI=1S/C36H65O2/c1-3-5-7-9-11-13-15-17-19-21-23-25-27-29-31-33-36(38)35(34-37)32-30-28-26-24-22-20-18-16-14-12-10-8-6-4-2/h24,26,31,33,35H,3-23,25,27-30,32H2,1-2H3/b26-24+,33-31?. The quantitative estimate of drug-likeness (QED) is 0.0387. The van der Waals surface area contributed by atoms with Crippen LogP contribution in [0.1, 0.15) is 187 Å². The van der Waals surface area contributed by atoms with E-state index in [0.717, 1.165) is 32.1 Å². The smallest absolute Gasteiger partial charge is 0.209 e. The zero-order chi connectivity index (χ0) is 27.8. The van der Waals surface area contributed by atoms with E-state index in [9.17, 15) is 9.59 Å². The summed E-state index contributed by atoms with van der Waals surface area (Å²) in [5.74, 6) is -0.642. The molecule has 1 radical (unpaired) electrons. The summed E-state index contributed by atoms with van der Waals surface area (Å²) < 4.78 is 0. The molecule has 0 aromatic rings. The van der Waals surface area contributed by atoms with Gasteiger partial charge in [-0.3, -0.25) is 9.59 Å². The van der Waals surface area contributed by atoms with Crippen LogP contribution in [-0.4, -0.2) is 12.1 Å².